The van der Waals surface area contributed by atoms with Crippen LogP contribution in [0.5, 0.6) is 5.75 Å². The molecule has 0 amide bonds. The van der Waals surface area contributed by atoms with Gasteiger partial charge in [-0.15, -0.1) is 0 Å². The number of ether oxygens (including phenoxy) is 1. The molecule has 1 aromatic heterocycles. The van der Waals surface area contributed by atoms with Crippen molar-refractivity contribution < 1.29 is 4.74 Å². The van der Waals surface area contributed by atoms with Gasteiger partial charge in [0.15, 0.2) is 0 Å². The summed E-state index contributed by atoms with van der Waals surface area (Å²) < 4.78 is 7.09. The van der Waals surface area contributed by atoms with E-state index in [4.69, 9.17) is 16.3 Å². The van der Waals surface area contributed by atoms with Gasteiger partial charge in [0.1, 0.15) is 5.75 Å². The quantitative estimate of drug-likeness (QED) is 0.738. The van der Waals surface area contributed by atoms with Crippen LogP contribution in [-0.4, -0.2) is 11.7 Å². The molecule has 2 aromatic rings. The highest BCUT2D eigenvalue weighted by Gasteiger charge is 2.02. The van der Waals surface area contributed by atoms with Crippen molar-refractivity contribution in [2.45, 2.75) is 0 Å². The predicted octanol–water partition coefficient (Wildman–Crippen LogP) is 3.14. The summed E-state index contributed by atoms with van der Waals surface area (Å²) in [5.74, 6) is 0.804. The first-order chi connectivity index (χ1) is 6.81. The van der Waals surface area contributed by atoms with Crippen molar-refractivity contribution in [3.05, 3.63) is 47.7 Å². The average Bonchev–Trinajstić information content (AvgIpc) is 2.71. The Balaban J connectivity index is 2.51. The van der Waals surface area contributed by atoms with Crippen LogP contribution in [0.2, 0.25) is 5.02 Å². The first-order valence-corrected chi connectivity index (χ1v) is 4.66. The van der Waals surface area contributed by atoms with Crippen LogP contribution in [0.1, 0.15) is 0 Å². The molecular weight excluding hydrogens is 198 g/mol. The number of rotatable bonds is 2. The molecule has 0 saturated carbocycles. The van der Waals surface area contributed by atoms with Crippen molar-refractivity contribution in [1.29, 1.82) is 0 Å². The standard InChI is InChI=1S/C11H10ClNO/c1-14-9-4-5-10(12)11(8-9)13-6-2-3-7-13/h2-8H,1H3. The van der Waals surface area contributed by atoms with Crippen molar-refractivity contribution in [3.63, 3.8) is 0 Å². The van der Waals surface area contributed by atoms with Gasteiger partial charge in [-0.3, -0.25) is 0 Å². The maximum absolute atomic E-state index is 6.07. The molecule has 0 aliphatic rings. The summed E-state index contributed by atoms with van der Waals surface area (Å²) in [7, 11) is 1.64. The third kappa shape index (κ3) is 1.61. The largest absolute Gasteiger partial charge is 0.497 e. The van der Waals surface area contributed by atoms with Crippen molar-refractivity contribution in [2.75, 3.05) is 7.11 Å². The Bertz CT molecular complexity index is 423. The van der Waals surface area contributed by atoms with E-state index in [0.717, 1.165) is 11.4 Å². The highest BCUT2D eigenvalue weighted by Crippen LogP contribution is 2.25. The van der Waals surface area contributed by atoms with Gasteiger partial charge in [-0.1, -0.05) is 11.6 Å². The first kappa shape index (κ1) is 9.16. The third-order valence-electron chi connectivity index (χ3n) is 2.04. The zero-order valence-corrected chi connectivity index (χ0v) is 8.53. The Morgan fingerprint density at radius 2 is 1.93 bits per heavy atom. The maximum atomic E-state index is 6.07. The van der Waals surface area contributed by atoms with Crippen LogP contribution in [0.25, 0.3) is 5.69 Å². The van der Waals surface area contributed by atoms with E-state index in [-0.39, 0.29) is 0 Å². The molecule has 14 heavy (non-hydrogen) atoms. The van der Waals surface area contributed by atoms with Crippen LogP contribution >= 0.6 is 11.6 Å². The Morgan fingerprint density at radius 3 is 2.57 bits per heavy atom. The summed E-state index contributed by atoms with van der Waals surface area (Å²) >= 11 is 6.07. The molecule has 0 atom stereocenters. The zero-order chi connectivity index (χ0) is 9.97. The Labute approximate surface area is 87.7 Å². The summed E-state index contributed by atoms with van der Waals surface area (Å²) in [6.07, 6.45) is 3.89. The van der Waals surface area contributed by atoms with Crippen molar-refractivity contribution >= 4 is 11.6 Å². The fourth-order valence-electron chi connectivity index (χ4n) is 1.31. The van der Waals surface area contributed by atoms with Gasteiger partial charge >= 0.3 is 0 Å². The molecule has 0 spiro atoms. The van der Waals surface area contributed by atoms with E-state index in [9.17, 15) is 0 Å². The number of benzene rings is 1. The van der Waals surface area contributed by atoms with Gasteiger partial charge in [0.2, 0.25) is 0 Å². The van der Waals surface area contributed by atoms with Crippen LogP contribution in [0.3, 0.4) is 0 Å². The molecule has 3 heteroatoms. The lowest BCUT2D eigenvalue weighted by atomic mass is 10.3. The summed E-state index contributed by atoms with van der Waals surface area (Å²) in [6.45, 7) is 0. The highest BCUT2D eigenvalue weighted by molar-refractivity contribution is 6.32. The zero-order valence-electron chi connectivity index (χ0n) is 7.77. The molecule has 2 nitrogen and oxygen atoms in total. The van der Waals surface area contributed by atoms with E-state index >= 15 is 0 Å². The number of hydrogen-bond donors (Lipinski definition) is 0. The molecule has 0 unspecified atom stereocenters. The summed E-state index contributed by atoms with van der Waals surface area (Å²) in [6, 6.07) is 9.49. The lowest BCUT2D eigenvalue weighted by Crippen LogP contribution is -1.92. The van der Waals surface area contributed by atoms with E-state index in [1.165, 1.54) is 0 Å². The second-order valence-corrected chi connectivity index (χ2v) is 3.31. The minimum atomic E-state index is 0.710. The average molecular weight is 208 g/mol. The lowest BCUT2D eigenvalue weighted by Gasteiger charge is -2.07. The van der Waals surface area contributed by atoms with E-state index in [0.29, 0.717) is 5.02 Å². The summed E-state index contributed by atoms with van der Waals surface area (Å²) in [5, 5.41) is 0.710. The third-order valence-corrected chi connectivity index (χ3v) is 2.36. The number of aromatic nitrogens is 1. The van der Waals surface area contributed by atoms with Gasteiger partial charge in [0.05, 0.1) is 17.8 Å². The van der Waals surface area contributed by atoms with Gasteiger partial charge in [0.25, 0.3) is 0 Å². The van der Waals surface area contributed by atoms with Crippen molar-refractivity contribution in [3.8, 4) is 11.4 Å². The molecule has 2 rings (SSSR count). The van der Waals surface area contributed by atoms with Crippen LogP contribution in [0.15, 0.2) is 42.7 Å². The molecule has 0 aliphatic heterocycles. The topological polar surface area (TPSA) is 14.2 Å². The fourth-order valence-corrected chi connectivity index (χ4v) is 1.53. The van der Waals surface area contributed by atoms with E-state index in [2.05, 4.69) is 0 Å². The molecule has 0 aliphatic carbocycles. The first-order valence-electron chi connectivity index (χ1n) is 4.28. The molecule has 72 valence electrons. The molecule has 0 saturated heterocycles. The number of methoxy groups -OCH3 is 1. The van der Waals surface area contributed by atoms with Gasteiger partial charge in [-0.25, -0.2) is 0 Å². The molecule has 1 aromatic carbocycles. The summed E-state index contributed by atoms with van der Waals surface area (Å²) in [5.41, 5.74) is 0.927. The lowest BCUT2D eigenvalue weighted by molar-refractivity contribution is 0.414. The van der Waals surface area contributed by atoms with Crippen molar-refractivity contribution in [1.82, 2.24) is 4.57 Å². The predicted molar refractivity (Wildman–Crippen MR) is 57.3 cm³/mol. The molecule has 0 radical (unpaired) electrons. The second-order valence-electron chi connectivity index (χ2n) is 2.91. The van der Waals surface area contributed by atoms with Crippen LogP contribution in [0, 0.1) is 0 Å². The molecule has 0 N–H and O–H groups in total. The van der Waals surface area contributed by atoms with Crippen molar-refractivity contribution in [2.24, 2.45) is 0 Å². The second kappa shape index (κ2) is 3.76. The van der Waals surface area contributed by atoms with Gasteiger partial charge < -0.3 is 9.30 Å². The van der Waals surface area contributed by atoms with E-state index in [1.807, 2.05) is 47.3 Å². The molecular formula is C11H10ClNO. The Kier molecular flexibility index (Phi) is 2.46. The van der Waals surface area contributed by atoms with Crippen LogP contribution in [-0.2, 0) is 0 Å². The van der Waals surface area contributed by atoms with E-state index < -0.39 is 0 Å². The molecule has 0 bridgehead atoms. The Hall–Kier alpha value is -1.41. The fraction of sp³-hybridized carbons (Fsp3) is 0.0909. The van der Waals surface area contributed by atoms with Gasteiger partial charge in [0, 0.05) is 18.5 Å². The maximum Gasteiger partial charge on any atom is 0.121 e. The van der Waals surface area contributed by atoms with Gasteiger partial charge in [-0.05, 0) is 24.3 Å². The SMILES string of the molecule is COc1ccc(Cl)c(-n2cccc2)c1. The monoisotopic (exact) mass is 207 g/mol. The highest BCUT2D eigenvalue weighted by atomic mass is 35.5. The normalized spacial score (nSPS) is 10.1. The van der Waals surface area contributed by atoms with Crippen LogP contribution in [0.4, 0.5) is 0 Å². The smallest absolute Gasteiger partial charge is 0.121 e. The minimum Gasteiger partial charge on any atom is -0.497 e. The summed E-state index contributed by atoms with van der Waals surface area (Å²) in [4.78, 5) is 0. The Morgan fingerprint density at radius 1 is 1.21 bits per heavy atom. The van der Waals surface area contributed by atoms with E-state index in [1.54, 1.807) is 7.11 Å². The molecule has 1 heterocycles. The van der Waals surface area contributed by atoms with Gasteiger partial charge in [-0.2, -0.15) is 0 Å². The molecule has 0 fully saturated rings. The number of halogens is 1. The minimum absolute atomic E-state index is 0.710. The van der Waals surface area contributed by atoms with Crippen LogP contribution < -0.4 is 4.74 Å². The number of nitrogens with zero attached hydrogens (tertiary/aromatic N) is 1. The number of hydrogen-bond acceptors (Lipinski definition) is 1.